The lowest BCUT2D eigenvalue weighted by Gasteiger charge is -2.08. The summed E-state index contributed by atoms with van der Waals surface area (Å²) in [5.41, 5.74) is 2.47. The summed E-state index contributed by atoms with van der Waals surface area (Å²) in [4.78, 5) is 24.0. The SMILES string of the molecule is CCCCOc1ccc(CCNC(=O)c2ccc(NC(=O)C3CC3)cc2)cc1. The van der Waals surface area contributed by atoms with Gasteiger partial charge in [0.1, 0.15) is 5.75 Å². The quantitative estimate of drug-likeness (QED) is 0.608. The summed E-state index contributed by atoms with van der Waals surface area (Å²) in [6.07, 6.45) is 4.88. The fourth-order valence-corrected chi connectivity index (χ4v) is 2.80. The van der Waals surface area contributed by atoms with Gasteiger partial charge in [-0.1, -0.05) is 25.5 Å². The van der Waals surface area contributed by atoms with Crippen LogP contribution in [0.1, 0.15) is 48.5 Å². The van der Waals surface area contributed by atoms with Crippen molar-refractivity contribution >= 4 is 17.5 Å². The fraction of sp³-hybridized carbons (Fsp3) is 0.391. The van der Waals surface area contributed by atoms with Gasteiger partial charge < -0.3 is 15.4 Å². The molecular formula is C23H28N2O3. The molecule has 2 aromatic carbocycles. The van der Waals surface area contributed by atoms with Crippen molar-refractivity contribution in [2.45, 2.75) is 39.0 Å². The number of benzene rings is 2. The van der Waals surface area contributed by atoms with Crippen LogP contribution in [0.4, 0.5) is 5.69 Å². The maximum absolute atomic E-state index is 12.3. The predicted octanol–water partition coefficient (Wildman–Crippen LogP) is 4.19. The molecule has 3 rings (SSSR count). The van der Waals surface area contributed by atoms with Gasteiger partial charge in [0.25, 0.3) is 5.91 Å². The normalized spacial score (nSPS) is 13.0. The highest BCUT2D eigenvalue weighted by Crippen LogP contribution is 2.30. The molecule has 28 heavy (non-hydrogen) atoms. The van der Waals surface area contributed by atoms with Gasteiger partial charge in [0, 0.05) is 23.7 Å². The Bertz CT molecular complexity index is 780. The number of ether oxygens (including phenoxy) is 1. The van der Waals surface area contributed by atoms with E-state index in [9.17, 15) is 9.59 Å². The summed E-state index contributed by atoms with van der Waals surface area (Å²) in [7, 11) is 0. The van der Waals surface area contributed by atoms with Crippen LogP contribution in [0.15, 0.2) is 48.5 Å². The molecule has 1 fully saturated rings. The number of unbranched alkanes of at least 4 members (excludes halogenated alkanes) is 1. The number of nitrogens with one attached hydrogen (secondary N) is 2. The van der Waals surface area contributed by atoms with Gasteiger partial charge in [-0.05, 0) is 67.6 Å². The first kappa shape index (κ1) is 19.9. The Balaban J connectivity index is 1.40. The van der Waals surface area contributed by atoms with Crippen molar-refractivity contribution in [3.63, 3.8) is 0 Å². The van der Waals surface area contributed by atoms with E-state index in [1.54, 1.807) is 24.3 Å². The summed E-state index contributed by atoms with van der Waals surface area (Å²) < 4.78 is 5.66. The second-order valence-electron chi connectivity index (χ2n) is 7.19. The zero-order valence-electron chi connectivity index (χ0n) is 16.4. The Kier molecular flexibility index (Phi) is 7.06. The number of anilines is 1. The number of hydrogen-bond donors (Lipinski definition) is 2. The number of amides is 2. The predicted molar refractivity (Wildman–Crippen MR) is 111 cm³/mol. The largest absolute Gasteiger partial charge is 0.494 e. The van der Waals surface area contributed by atoms with Crippen molar-refractivity contribution in [2.24, 2.45) is 5.92 Å². The van der Waals surface area contributed by atoms with Crippen LogP contribution in [0, 0.1) is 5.92 Å². The number of rotatable bonds is 10. The number of carbonyl (C=O) groups is 2. The molecule has 0 unspecified atom stereocenters. The van der Waals surface area contributed by atoms with Crippen molar-refractivity contribution in [3.05, 3.63) is 59.7 Å². The summed E-state index contributed by atoms with van der Waals surface area (Å²) in [5.74, 6) is 1.01. The average molecular weight is 380 g/mol. The molecule has 5 heteroatoms. The van der Waals surface area contributed by atoms with Crippen molar-refractivity contribution in [2.75, 3.05) is 18.5 Å². The molecule has 0 aliphatic heterocycles. The van der Waals surface area contributed by atoms with Crippen LogP contribution in [-0.4, -0.2) is 25.0 Å². The van der Waals surface area contributed by atoms with Crippen LogP contribution in [0.2, 0.25) is 0 Å². The molecule has 1 aliphatic rings. The Morgan fingerprint density at radius 1 is 1.04 bits per heavy atom. The summed E-state index contributed by atoms with van der Waals surface area (Å²) in [6.45, 7) is 3.45. The molecule has 0 heterocycles. The lowest BCUT2D eigenvalue weighted by molar-refractivity contribution is -0.117. The third-order valence-electron chi connectivity index (χ3n) is 4.75. The average Bonchev–Trinajstić information content (AvgIpc) is 3.55. The van der Waals surface area contributed by atoms with Gasteiger partial charge in [-0.15, -0.1) is 0 Å². The van der Waals surface area contributed by atoms with Gasteiger partial charge in [0.2, 0.25) is 5.91 Å². The van der Waals surface area contributed by atoms with Gasteiger partial charge in [0.15, 0.2) is 0 Å². The van der Waals surface area contributed by atoms with Gasteiger partial charge >= 0.3 is 0 Å². The Morgan fingerprint density at radius 3 is 2.39 bits per heavy atom. The summed E-state index contributed by atoms with van der Waals surface area (Å²) in [5, 5.41) is 5.81. The highest BCUT2D eigenvalue weighted by molar-refractivity contribution is 5.96. The van der Waals surface area contributed by atoms with E-state index >= 15 is 0 Å². The molecule has 1 saturated carbocycles. The monoisotopic (exact) mass is 380 g/mol. The van der Waals surface area contributed by atoms with Crippen molar-refractivity contribution in [1.82, 2.24) is 5.32 Å². The van der Waals surface area contributed by atoms with Gasteiger partial charge in [-0.2, -0.15) is 0 Å². The molecule has 2 amide bonds. The molecule has 148 valence electrons. The minimum Gasteiger partial charge on any atom is -0.494 e. The molecule has 2 aromatic rings. The molecule has 0 spiro atoms. The van der Waals surface area contributed by atoms with Crippen molar-refractivity contribution < 1.29 is 14.3 Å². The first-order valence-electron chi connectivity index (χ1n) is 10.1. The number of carbonyl (C=O) groups excluding carboxylic acids is 2. The Labute approximate surface area is 166 Å². The first-order chi connectivity index (χ1) is 13.7. The van der Waals surface area contributed by atoms with Crippen LogP contribution in [0.25, 0.3) is 0 Å². The maximum Gasteiger partial charge on any atom is 0.251 e. The van der Waals surface area contributed by atoms with E-state index in [1.807, 2.05) is 24.3 Å². The molecule has 1 aliphatic carbocycles. The van der Waals surface area contributed by atoms with Gasteiger partial charge in [0.05, 0.1) is 6.61 Å². The highest BCUT2D eigenvalue weighted by Gasteiger charge is 2.29. The molecule has 0 radical (unpaired) electrons. The first-order valence-corrected chi connectivity index (χ1v) is 10.1. The second-order valence-corrected chi connectivity index (χ2v) is 7.19. The van der Waals surface area contributed by atoms with Crippen LogP contribution in [0.3, 0.4) is 0 Å². The molecule has 5 nitrogen and oxygen atoms in total. The topological polar surface area (TPSA) is 67.4 Å². The fourth-order valence-electron chi connectivity index (χ4n) is 2.80. The minimum absolute atomic E-state index is 0.0685. The third kappa shape index (κ3) is 6.12. The lowest BCUT2D eigenvalue weighted by atomic mass is 10.1. The summed E-state index contributed by atoms with van der Waals surface area (Å²) >= 11 is 0. The summed E-state index contributed by atoms with van der Waals surface area (Å²) in [6, 6.07) is 15.0. The molecule has 0 saturated heterocycles. The van der Waals surface area contributed by atoms with Crippen LogP contribution >= 0.6 is 0 Å². The second kappa shape index (κ2) is 9.93. The van der Waals surface area contributed by atoms with E-state index in [0.717, 1.165) is 55.7 Å². The Hall–Kier alpha value is -2.82. The van der Waals surface area contributed by atoms with E-state index in [2.05, 4.69) is 17.6 Å². The zero-order valence-corrected chi connectivity index (χ0v) is 16.4. The van der Waals surface area contributed by atoms with E-state index in [-0.39, 0.29) is 17.7 Å². The highest BCUT2D eigenvalue weighted by atomic mass is 16.5. The van der Waals surface area contributed by atoms with Gasteiger partial charge in [-0.25, -0.2) is 0 Å². The van der Waals surface area contributed by atoms with Gasteiger partial charge in [-0.3, -0.25) is 9.59 Å². The van der Waals surface area contributed by atoms with Crippen molar-refractivity contribution in [1.29, 1.82) is 0 Å². The Morgan fingerprint density at radius 2 is 1.75 bits per heavy atom. The van der Waals surface area contributed by atoms with E-state index in [0.29, 0.717) is 12.1 Å². The number of hydrogen-bond acceptors (Lipinski definition) is 3. The van der Waals surface area contributed by atoms with E-state index in [4.69, 9.17) is 4.74 Å². The molecular weight excluding hydrogens is 352 g/mol. The smallest absolute Gasteiger partial charge is 0.251 e. The van der Waals surface area contributed by atoms with E-state index < -0.39 is 0 Å². The van der Waals surface area contributed by atoms with E-state index in [1.165, 1.54) is 0 Å². The molecule has 0 atom stereocenters. The van der Waals surface area contributed by atoms with Crippen LogP contribution < -0.4 is 15.4 Å². The molecule has 0 aromatic heterocycles. The molecule has 0 bridgehead atoms. The standard InChI is InChI=1S/C23H28N2O3/c1-2-3-16-28-21-12-4-17(5-13-21)14-15-24-22(26)18-8-10-20(11-9-18)25-23(27)19-6-7-19/h4-5,8-13,19H,2-3,6-7,14-16H2,1H3,(H,24,26)(H,25,27). The lowest BCUT2D eigenvalue weighted by Crippen LogP contribution is -2.25. The zero-order chi connectivity index (χ0) is 19.8. The molecule has 2 N–H and O–H groups in total. The maximum atomic E-state index is 12.3. The van der Waals surface area contributed by atoms with Crippen molar-refractivity contribution in [3.8, 4) is 5.75 Å². The van der Waals surface area contributed by atoms with Crippen LogP contribution in [0.5, 0.6) is 5.75 Å². The third-order valence-corrected chi connectivity index (χ3v) is 4.75. The van der Waals surface area contributed by atoms with Crippen LogP contribution in [-0.2, 0) is 11.2 Å². The minimum atomic E-state index is -0.111.